The molecule has 0 aromatic rings. The Labute approximate surface area is 87.1 Å². The highest BCUT2D eigenvalue weighted by molar-refractivity contribution is 7.80. The van der Waals surface area contributed by atoms with Crippen LogP contribution in [0.4, 0.5) is 0 Å². The van der Waals surface area contributed by atoms with Crippen molar-refractivity contribution in [2.24, 2.45) is 0 Å². The molecule has 0 N–H and O–H groups in total. The molecule has 0 aromatic heterocycles. The summed E-state index contributed by atoms with van der Waals surface area (Å²) in [5.74, 6) is 0. The van der Waals surface area contributed by atoms with E-state index in [9.17, 15) is 0 Å². The highest BCUT2D eigenvalue weighted by Gasteiger charge is 1.94. The normalized spacial score (nSPS) is 9.54. The zero-order chi connectivity index (χ0) is 9.94. The van der Waals surface area contributed by atoms with Gasteiger partial charge in [-0.2, -0.15) is 5.26 Å². The molecule has 0 aromatic carbocycles. The van der Waals surface area contributed by atoms with Crippen LogP contribution in [-0.2, 0) is 0 Å². The molecule has 13 heavy (non-hydrogen) atoms. The van der Waals surface area contributed by atoms with Crippen molar-refractivity contribution in [3.05, 3.63) is 0 Å². The van der Waals surface area contributed by atoms with Gasteiger partial charge in [-0.15, -0.1) is 0 Å². The van der Waals surface area contributed by atoms with E-state index < -0.39 is 0 Å². The lowest BCUT2D eigenvalue weighted by Crippen LogP contribution is -1.89. The highest BCUT2D eigenvalue weighted by Crippen LogP contribution is 2.08. The van der Waals surface area contributed by atoms with E-state index in [1.807, 2.05) is 6.07 Å². The monoisotopic (exact) mass is 197 g/mol. The molecule has 0 aliphatic heterocycles. The summed E-state index contributed by atoms with van der Waals surface area (Å²) in [6, 6.07) is 2.01. The van der Waals surface area contributed by atoms with Crippen LogP contribution in [0.5, 0.6) is 0 Å². The quantitative estimate of drug-likeness (QED) is 0.433. The minimum atomic E-state index is 0.563. The van der Waals surface area contributed by atoms with E-state index in [1.165, 1.54) is 38.5 Å². The summed E-state index contributed by atoms with van der Waals surface area (Å²) < 4.78 is 0. The lowest BCUT2D eigenvalue weighted by molar-refractivity contribution is 0.596. The fourth-order valence-electron chi connectivity index (χ4n) is 1.30. The first-order valence-electron chi connectivity index (χ1n) is 5.24. The van der Waals surface area contributed by atoms with Gasteiger partial charge in [0.25, 0.3) is 0 Å². The third-order valence-corrected chi connectivity index (χ3v) is 2.43. The minimum absolute atomic E-state index is 0.563. The molecule has 0 bridgehead atoms. The Bertz CT molecular complexity index is 169. The van der Waals surface area contributed by atoms with Crippen LogP contribution in [0.15, 0.2) is 0 Å². The topological polar surface area (TPSA) is 23.8 Å². The second-order valence-corrected chi connectivity index (χ2v) is 3.90. The smallest absolute Gasteiger partial charge is 0.106 e. The Balaban J connectivity index is 3.00. The van der Waals surface area contributed by atoms with E-state index in [-0.39, 0.29) is 0 Å². The van der Waals surface area contributed by atoms with Crippen LogP contribution in [-0.4, -0.2) is 4.86 Å². The molecular weight excluding hydrogens is 178 g/mol. The van der Waals surface area contributed by atoms with Crippen LogP contribution < -0.4 is 0 Å². The van der Waals surface area contributed by atoms with E-state index in [0.717, 1.165) is 12.8 Å². The average molecular weight is 197 g/mol. The maximum absolute atomic E-state index is 8.42. The molecule has 0 saturated carbocycles. The number of hydrogen-bond donors (Lipinski definition) is 0. The largest absolute Gasteiger partial charge is 0.192 e. The van der Waals surface area contributed by atoms with Gasteiger partial charge in [-0.25, -0.2) is 0 Å². The van der Waals surface area contributed by atoms with Crippen molar-refractivity contribution in [3.8, 4) is 6.07 Å². The van der Waals surface area contributed by atoms with Gasteiger partial charge in [0.05, 0.1) is 4.86 Å². The molecular formula is C11H19NS. The third kappa shape index (κ3) is 9.49. The molecule has 0 saturated heterocycles. The van der Waals surface area contributed by atoms with Gasteiger partial charge < -0.3 is 0 Å². The van der Waals surface area contributed by atoms with Crippen LogP contribution in [0.3, 0.4) is 0 Å². The summed E-state index contributed by atoms with van der Waals surface area (Å²) in [6.45, 7) is 2.23. The molecule has 1 nitrogen and oxygen atoms in total. The Kier molecular flexibility index (Phi) is 9.35. The van der Waals surface area contributed by atoms with Crippen molar-refractivity contribution in [1.82, 2.24) is 0 Å². The summed E-state index contributed by atoms with van der Waals surface area (Å²) >= 11 is 4.81. The van der Waals surface area contributed by atoms with E-state index in [2.05, 4.69) is 6.92 Å². The van der Waals surface area contributed by atoms with Crippen molar-refractivity contribution in [2.45, 2.75) is 58.3 Å². The van der Waals surface area contributed by atoms with Gasteiger partial charge in [0.15, 0.2) is 0 Å². The first-order chi connectivity index (χ1) is 6.31. The summed E-state index contributed by atoms with van der Waals surface area (Å²) in [7, 11) is 0. The van der Waals surface area contributed by atoms with Gasteiger partial charge in [-0.1, -0.05) is 57.7 Å². The molecule has 0 unspecified atom stereocenters. The molecule has 0 aliphatic rings. The maximum Gasteiger partial charge on any atom is 0.106 e. The predicted molar refractivity (Wildman–Crippen MR) is 60.8 cm³/mol. The van der Waals surface area contributed by atoms with E-state index in [1.54, 1.807) is 0 Å². The zero-order valence-corrected chi connectivity index (χ0v) is 9.33. The van der Waals surface area contributed by atoms with E-state index in [4.69, 9.17) is 17.5 Å². The van der Waals surface area contributed by atoms with Gasteiger partial charge in [0, 0.05) is 0 Å². The zero-order valence-electron chi connectivity index (χ0n) is 8.51. The Hall–Kier alpha value is -0.420. The summed E-state index contributed by atoms with van der Waals surface area (Å²) in [5, 5.41) is 8.42. The van der Waals surface area contributed by atoms with Gasteiger partial charge >= 0.3 is 0 Å². The molecule has 0 radical (unpaired) electrons. The van der Waals surface area contributed by atoms with Crippen LogP contribution in [0, 0.1) is 11.3 Å². The SMILES string of the molecule is CCCCCCCCCC(=S)C#N. The van der Waals surface area contributed by atoms with Gasteiger partial charge in [0.1, 0.15) is 6.07 Å². The second-order valence-electron chi connectivity index (χ2n) is 3.41. The van der Waals surface area contributed by atoms with Crippen LogP contribution in [0.2, 0.25) is 0 Å². The summed E-state index contributed by atoms with van der Waals surface area (Å²) in [4.78, 5) is 0.563. The van der Waals surface area contributed by atoms with Crippen LogP contribution >= 0.6 is 12.2 Å². The number of thiocarbonyl (C=S) groups is 1. The first kappa shape index (κ1) is 12.6. The fraction of sp³-hybridized carbons (Fsp3) is 0.818. The maximum atomic E-state index is 8.42. The standard InChI is InChI=1S/C11H19NS/c1-2-3-4-5-6-7-8-9-11(13)10-12/h2-9H2,1H3. The van der Waals surface area contributed by atoms with Crippen LogP contribution in [0.25, 0.3) is 0 Å². The number of unbranched alkanes of at least 4 members (excludes halogenated alkanes) is 6. The molecule has 0 amide bonds. The first-order valence-corrected chi connectivity index (χ1v) is 5.65. The number of nitrogens with zero attached hydrogens (tertiary/aromatic N) is 1. The second kappa shape index (κ2) is 9.67. The van der Waals surface area contributed by atoms with Crippen molar-refractivity contribution in [1.29, 1.82) is 5.26 Å². The summed E-state index contributed by atoms with van der Waals surface area (Å²) in [5.41, 5.74) is 0. The van der Waals surface area contributed by atoms with E-state index in [0.29, 0.717) is 4.86 Å². The fourth-order valence-corrected chi connectivity index (χ4v) is 1.44. The lowest BCUT2D eigenvalue weighted by atomic mass is 10.1. The Morgan fingerprint density at radius 1 is 1.08 bits per heavy atom. The minimum Gasteiger partial charge on any atom is -0.192 e. The molecule has 0 aliphatic carbocycles. The lowest BCUT2D eigenvalue weighted by Gasteiger charge is -1.99. The highest BCUT2D eigenvalue weighted by atomic mass is 32.1. The molecule has 0 rings (SSSR count). The number of hydrogen-bond acceptors (Lipinski definition) is 2. The van der Waals surface area contributed by atoms with Crippen molar-refractivity contribution in [2.75, 3.05) is 0 Å². The Morgan fingerprint density at radius 2 is 1.62 bits per heavy atom. The van der Waals surface area contributed by atoms with Crippen molar-refractivity contribution in [3.63, 3.8) is 0 Å². The number of nitriles is 1. The predicted octanol–water partition coefficient (Wildman–Crippen LogP) is 4.02. The molecule has 0 atom stereocenters. The number of rotatable bonds is 8. The van der Waals surface area contributed by atoms with Gasteiger partial charge in [-0.05, 0) is 12.8 Å². The molecule has 0 spiro atoms. The molecule has 2 heteroatoms. The average Bonchev–Trinajstić information content (AvgIpc) is 2.16. The molecule has 74 valence electrons. The summed E-state index contributed by atoms with van der Waals surface area (Å²) in [6.07, 6.45) is 9.80. The van der Waals surface area contributed by atoms with Crippen molar-refractivity contribution >= 4 is 17.1 Å². The van der Waals surface area contributed by atoms with Crippen molar-refractivity contribution < 1.29 is 0 Å². The van der Waals surface area contributed by atoms with Gasteiger partial charge in [-0.3, -0.25) is 0 Å². The Morgan fingerprint density at radius 3 is 2.15 bits per heavy atom. The molecule has 0 heterocycles. The molecule has 0 fully saturated rings. The van der Waals surface area contributed by atoms with Crippen LogP contribution in [0.1, 0.15) is 58.3 Å². The van der Waals surface area contributed by atoms with E-state index >= 15 is 0 Å². The third-order valence-electron chi connectivity index (χ3n) is 2.13. The van der Waals surface area contributed by atoms with Gasteiger partial charge in [0.2, 0.25) is 0 Å².